The Balaban J connectivity index is 1.65. The minimum absolute atomic E-state index is 0.114. The van der Waals surface area contributed by atoms with E-state index in [1.165, 1.54) is 18.0 Å². The Hall–Kier alpha value is -2.87. The molecule has 2 heterocycles. The van der Waals surface area contributed by atoms with Crippen molar-refractivity contribution < 1.29 is 23.3 Å². The average Bonchev–Trinajstić information content (AvgIpc) is 3.23. The van der Waals surface area contributed by atoms with Gasteiger partial charge in [-0.15, -0.1) is 0 Å². The van der Waals surface area contributed by atoms with E-state index in [0.29, 0.717) is 18.8 Å². The minimum Gasteiger partial charge on any atom is -0.463 e. The van der Waals surface area contributed by atoms with Crippen LogP contribution < -0.4 is 20.4 Å². The van der Waals surface area contributed by atoms with Gasteiger partial charge in [0.05, 0.1) is 44.7 Å². The first-order chi connectivity index (χ1) is 13.1. The third-order valence-corrected chi connectivity index (χ3v) is 4.88. The number of piperazine rings is 1. The van der Waals surface area contributed by atoms with Gasteiger partial charge in [-0.25, -0.2) is 4.39 Å². The van der Waals surface area contributed by atoms with Crippen LogP contribution in [0, 0.1) is 5.82 Å². The molecule has 8 heteroatoms. The summed E-state index contributed by atoms with van der Waals surface area (Å²) in [6, 6.07) is 10.3. The number of nitrogens with one attached hydrogen (secondary N) is 3. The number of hydrogen-bond donors (Lipinski definition) is 3. The Morgan fingerprint density at radius 3 is 2.56 bits per heavy atom. The number of halogens is 1. The molecular formula is C19H24FN4O3+. The zero-order chi connectivity index (χ0) is 19.2. The zero-order valence-corrected chi connectivity index (χ0v) is 15.2. The molecule has 1 aromatic heterocycles. The smallest absolute Gasteiger partial charge is 0.309 e. The molecule has 2 aromatic rings. The van der Waals surface area contributed by atoms with Crippen molar-refractivity contribution in [3.05, 3.63) is 54.2 Å². The molecule has 7 nitrogen and oxygen atoms in total. The highest BCUT2D eigenvalue weighted by Gasteiger charge is 2.31. The maximum atomic E-state index is 14.0. The van der Waals surface area contributed by atoms with Gasteiger partial charge in [-0.05, 0) is 24.3 Å². The summed E-state index contributed by atoms with van der Waals surface area (Å²) in [7, 11) is 1.42. The molecule has 0 spiro atoms. The van der Waals surface area contributed by atoms with Gasteiger partial charge in [0.25, 0.3) is 0 Å². The Morgan fingerprint density at radius 1 is 1.19 bits per heavy atom. The summed E-state index contributed by atoms with van der Waals surface area (Å²) in [4.78, 5) is 26.5. The molecule has 2 amide bonds. The lowest BCUT2D eigenvalue weighted by Gasteiger charge is -2.37. The summed E-state index contributed by atoms with van der Waals surface area (Å²) in [5.41, 5.74) is 0.610. The summed E-state index contributed by atoms with van der Waals surface area (Å²) >= 11 is 0. The first-order valence-corrected chi connectivity index (χ1v) is 8.97. The van der Waals surface area contributed by atoms with Gasteiger partial charge >= 0.3 is 11.8 Å². The first kappa shape index (κ1) is 18.9. The molecule has 0 bridgehead atoms. The zero-order valence-electron chi connectivity index (χ0n) is 15.2. The van der Waals surface area contributed by atoms with Crippen LogP contribution in [-0.4, -0.2) is 51.6 Å². The number of para-hydroxylation sites is 1. The van der Waals surface area contributed by atoms with Crippen molar-refractivity contribution in [2.45, 2.75) is 6.04 Å². The number of hydrogen-bond acceptors (Lipinski definition) is 4. The standard InChI is InChI=1S/C19H23FN4O3/c1-21-18(25)19(26)22-13-16(17-7-4-12-27-17)24-10-8-23(9-11-24)15-6-3-2-5-14(15)20/h2-7,12,16H,8-11,13H2,1H3,(H,21,25)(H,22,26)/p+1/t16-/m1/s1. The summed E-state index contributed by atoms with van der Waals surface area (Å²) < 4.78 is 19.6. The molecule has 0 aliphatic carbocycles. The number of likely N-dealkylation sites (N-methyl/N-ethyl adjacent to an activating group) is 1. The number of nitrogens with zero attached hydrogens (tertiary/aromatic N) is 1. The molecule has 3 rings (SSSR count). The Labute approximate surface area is 157 Å². The van der Waals surface area contributed by atoms with Crippen molar-refractivity contribution in [1.82, 2.24) is 10.6 Å². The molecule has 0 saturated carbocycles. The molecule has 1 atom stereocenters. The molecule has 1 aliphatic rings. The van der Waals surface area contributed by atoms with Crippen LogP contribution in [0.3, 0.4) is 0 Å². The summed E-state index contributed by atoms with van der Waals surface area (Å²) in [5, 5.41) is 4.97. The highest BCUT2D eigenvalue weighted by atomic mass is 19.1. The third-order valence-electron chi connectivity index (χ3n) is 4.88. The van der Waals surface area contributed by atoms with E-state index in [1.54, 1.807) is 24.5 Å². The molecule has 3 N–H and O–H groups in total. The lowest BCUT2D eigenvalue weighted by Crippen LogP contribution is -3.15. The number of carbonyl (C=O) groups excluding carboxylic acids is 2. The number of rotatable bonds is 5. The maximum Gasteiger partial charge on any atom is 0.309 e. The number of furan rings is 1. The van der Waals surface area contributed by atoms with Gasteiger partial charge in [0.1, 0.15) is 5.82 Å². The summed E-state index contributed by atoms with van der Waals surface area (Å²) in [6.07, 6.45) is 1.60. The third kappa shape index (κ3) is 4.46. The molecule has 27 heavy (non-hydrogen) atoms. The second kappa shape index (κ2) is 8.68. The normalized spacial score (nSPS) is 16.0. The molecule has 0 radical (unpaired) electrons. The lowest BCUT2D eigenvalue weighted by molar-refractivity contribution is -0.932. The van der Waals surface area contributed by atoms with E-state index < -0.39 is 11.8 Å². The van der Waals surface area contributed by atoms with E-state index in [4.69, 9.17) is 4.42 Å². The number of carbonyl (C=O) groups is 2. The second-order valence-electron chi connectivity index (χ2n) is 6.45. The van der Waals surface area contributed by atoms with Crippen molar-refractivity contribution >= 4 is 17.5 Å². The fraction of sp³-hybridized carbons (Fsp3) is 0.368. The quantitative estimate of drug-likeness (QED) is 0.629. The monoisotopic (exact) mass is 375 g/mol. The van der Waals surface area contributed by atoms with Crippen LogP contribution in [0.25, 0.3) is 0 Å². The van der Waals surface area contributed by atoms with Crippen LogP contribution in [0.1, 0.15) is 11.8 Å². The highest BCUT2D eigenvalue weighted by Crippen LogP contribution is 2.19. The van der Waals surface area contributed by atoms with Crippen molar-refractivity contribution in [3.8, 4) is 0 Å². The van der Waals surface area contributed by atoms with E-state index in [0.717, 1.165) is 18.8 Å². The molecule has 0 unspecified atom stereocenters. The first-order valence-electron chi connectivity index (χ1n) is 8.97. The maximum absolute atomic E-state index is 14.0. The van der Waals surface area contributed by atoms with Gasteiger partial charge in [0.2, 0.25) is 0 Å². The number of benzene rings is 1. The van der Waals surface area contributed by atoms with Gasteiger partial charge in [-0.1, -0.05) is 12.1 Å². The predicted octanol–water partition coefficient (Wildman–Crippen LogP) is -0.273. The van der Waals surface area contributed by atoms with Gasteiger partial charge in [-0.2, -0.15) is 0 Å². The van der Waals surface area contributed by atoms with Gasteiger partial charge in [-0.3, -0.25) is 9.59 Å². The van der Waals surface area contributed by atoms with E-state index in [-0.39, 0.29) is 18.4 Å². The van der Waals surface area contributed by atoms with Gasteiger partial charge in [0.15, 0.2) is 11.8 Å². The summed E-state index contributed by atoms with van der Waals surface area (Å²) in [6.45, 7) is 3.19. The largest absolute Gasteiger partial charge is 0.463 e. The lowest BCUT2D eigenvalue weighted by atomic mass is 10.1. The van der Waals surface area contributed by atoms with Crippen LogP contribution in [0.15, 0.2) is 47.1 Å². The molecule has 144 valence electrons. The van der Waals surface area contributed by atoms with Crippen LogP contribution >= 0.6 is 0 Å². The van der Waals surface area contributed by atoms with Crippen LogP contribution in [0.4, 0.5) is 10.1 Å². The van der Waals surface area contributed by atoms with Crippen LogP contribution in [-0.2, 0) is 9.59 Å². The predicted molar refractivity (Wildman–Crippen MR) is 97.8 cm³/mol. The minimum atomic E-state index is -0.674. The van der Waals surface area contributed by atoms with Crippen molar-refractivity contribution in [2.24, 2.45) is 0 Å². The van der Waals surface area contributed by atoms with E-state index in [2.05, 4.69) is 10.6 Å². The topological polar surface area (TPSA) is 79.0 Å². The molecule has 1 aromatic carbocycles. The Kier molecular flexibility index (Phi) is 6.08. The fourth-order valence-electron chi connectivity index (χ4n) is 3.42. The SMILES string of the molecule is CNC(=O)C(=O)NC[C@H](c1ccco1)[NH+]1CCN(c2ccccc2F)CC1. The van der Waals surface area contributed by atoms with Crippen molar-refractivity contribution in [2.75, 3.05) is 44.7 Å². The molecule has 1 saturated heterocycles. The average molecular weight is 375 g/mol. The van der Waals surface area contributed by atoms with Crippen LogP contribution in [0.2, 0.25) is 0 Å². The number of quaternary nitrogens is 1. The van der Waals surface area contributed by atoms with Crippen molar-refractivity contribution in [3.63, 3.8) is 0 Å². The number of amides is 2. The van der Waals surface area contributed by atoms with Crippen molar-refractivity contribution in [1.29, 1.82) is 0 Å². The number of anilines is 1. The Morgan fingerprint density at radius 2 is 1.93 bits per heavy atom. The highest BCUT2D eigenvalue weighted by molar-refractivity contribution is 6.35. The van der Waals surface area contributed by atoms with Gasteiger partial charge in [0, 0.05) is 7.05 Å². The van der Waals surface area contributed by atoms with E-state index in [9.17, 15) is 14.0 Å². The molecular weight excluding hydrogens is 351 g/mol. The molecule has 1 aliphatic heterocycles. The summed E-state index contributed by atoms with van der Waals surface area (Å²) in [5.74, 6) is -0.811. The van der Waals surface area contributed by atoms with Gasteiger partial charge < -0.3 is 24.9 Å². The second-order valence-corrected chi connectivity index (χ2v) is 6.45. The van der Waals surface area contributed by atoms with E-state index in [1.807, 2.05) is 17.0 Å². The van der Waals surface area contributed by atoms with E-state index >= 15 is 0 Å². The fourth-order valence-corrected chi connectivity index (χ4v) is 3.42. The molecule has 1 fully saturated rings. The van der Waals surface area contributed by atoms with Crippen LogP contribution in [0.5, 0.6) is 0 Å². The Bertz CT molecular complexity index is 773.